The van der Waals surface area contributed by atoms with Gasteiger partial charge in [0.05, 0.1) is 11.5 Å². The van der Waals surface area contributed by atoms with Crippen LogP contribution in [0.25, 0.3) is 0 Å². The van der Waals surface area contributed by atoms with Crippen LogP contribution < -0.4 is 0 Å². The summed E-state index contributed by atoms with van der Waals surface area (Å²) in [5.74, 6) is 2.13. The number of nitrogens with zero attached hydrogens (tertiary/aromatic N) is 2. The molecule has 2 heterocycles. The molecule has 124 valence electrons. The van der Waals surface area contributed by atoms with Crippen molar-refractivity contribution in [3.8, 4) is 0 Å². The van der Waals surface area contributed by atoms with Crippen molar-refractivity contribution in [3.05, 3.63) is 41.8 Å². The van der Waals surface area contributed by atoms with Gasteiger partial charge in [-0.15, -0.1) is 10.2 Å². The maximum Gasteiger partial charge on any atom is 0.276 e. The van der Waals surface area contributed by atoms with E-state index < -0.39 is 9.84 Å². The molecular weight excluding hydrogens is 332 g/mol. The summed E-state index contributed by atoms with van der Waals surface area (Å²) >= 11 is 1.56. The van der Waals surface area contributed by atoms with Gasteiger partial charge in [0.15, 0.2) is 9.84 Å². The highest BCUT2D eigenvalue weighted by Gasteiger charge is 2.29. The lowest BCUT2D eigenvalue weighted by atomic mass is 10.1. The minimum absolute atomic E-state index is 0.122. The fourth-order valence-electron chi connectivity index (χ4n) is 2.74. The SMILES string of the molecule is O=S1(=O)CC[C@@H](Cc2nnc(SCCCc3ccccc3)o2)C1. The smallest absolute Gasteiger partial charge is 0.276 e. The molecule has 0 saturated carbocycles. The minimum Gasteiger partial charge on any atom is -0.416 e. The van der Waals surface area contributed by atoms with Crippen LogP contribution in [-0.2, 0) is 22.7 Å². The van der Waals surface area contributed by atoms with E-state index in [0.29, 0.717) is 24.0 Å². The summed E-state index contributed by atoms with van der Waals surface area (Å²) < 4.78 is 28.5. The lowest BCUT2D eigenvalue weighted by Crippen LogP contribution is -2.07. The lowest BCUT2D eigenvalue weighted by molar-refractivity contribution is 0.389. The predicted octanol–water partition coefficient (Wildman–Crippen LogP) is 2.77. The number of sulfone groups is 1. The van der Waals surface area contributed by atoms with Crippen LogP contribution in [0.2, 0.25) is 0 Å². The van der Waals surface area contributed by atoms with E-state index in [1.807, 2.05) is 6.07 Å². The molecular formula is C16H20N2O3S2. The Morgan fingerprint density at radius 3 is 2.78 bits per heavy atom. The number of aromatic nitrogens is 2. The van der Waals surface area contributed by atoms with E-state index in [1.165, 1.54) is 5.56 Å². The van der Waals surface area contributed by atoms with Gasteiger partial charge in [-0.25, -0.2) is 8.42 Å². The first-order valence-corrected chi connectivity index (χ1v) is 10.6. The Balaban J connectivity index is 1.41. The first-order valence-electron chi connectivity index (χ1n) is 7.80. The zero-order chi connectivity index (χ0) is 16.1. The third-order valence-corrected chi connectivity index (χ3v) is 6.66. The van der Waals surface area contributed by atoms with E-state index in [4.69, 9.17) is 4.42 Å². The Kier molecular flexibility index (Phi) is 5.38. The van der Waals surface area contributed by atoms with Gasteiger partial charge in [-0.2, -0.15) is 0 Å². The number of benzene rings is 1. The van der Waals surface area contributed by atoms with Crippen molar-refractivity contribution < 1.29 is 12.8 Å². The highest BCUT2D eigenvalue weighted by Crippen LogP contribution is 2.24. The fourth-order valence-corrected chi connectivity index (χ4v) is 5.32. The zero-order valence-electron chi connectivity index (χ0n) is 12.8. The van der Waals surface area contributed by atoms with Crippen LogP contribution >= 0.6 is 11.8 Å². The standard InChI is InChI=1S/C16H20N2O3S2/c19-23(20)10-8-14(12-23)11-15-17-18-16(21-15)22-9-4-7-13-5-2-1-3-6-13/h1-3,5-6,14H,4,7-12H2/t14-/m0/s1. The molecule has 0 amide bonds. The average molecular weight is 352 g/mol. The van der Waals surface area contributed by atoms with Gasteiger partial charge in [0.25, 0.3) is 5.22 Å². The summed E-state index contributed by atoms with van der Waals surface area (Å²) in [4.78, 5) is 0. The zero-order valence-corrected chi connectivity index (χ0v) is 14.5. The van der Waals surface area contributed by atoms with Gasteiger partial charge in [0.1, 0.15) is 0 Å². The highest BCUT2D eigenvalue weighted by molar-refractivity contribution is 7.99. The summed E-state index contributed by atoms with van der Waals surface area (Å²) in [7, 11) is -2.85. The second kappa shape index (κ2) is 7.49. The second-order valence-electron chi connectivity index (χ2n) is 5.87. The van der Waals surface area contributed by atoms with Crippen LogP contribution in [0.1, 0.15) is 24.3 Å². The second-order valence-corrected chi connectivity index (χ2v) is 9.15. The summed E-state index contributed by atoms with van der Waals surface area (Å²) in [6, 6.07) is 10.4. The van der Waals surface area contributed by atoms with Crippen molar-refractivity contribution in [3.63, 3.8) is 0 Å². The van der Waals surface area contributed by atoms with Crippen LogP contribution in [-0.4, -0.2) is 35.9 Å². The van der Waals surface area contributed by atoms with Crippen molar-refractivity contribution in [2.24, 2.45) is 5.92 Å². The first kappa shape index (κ1) is 16.5. The number of hydrogen-bond acceptors (Lipinski definition) is 6. The van der Waals surface area contributed by atoms with Crippen molar-refractivity contribution in [1.29, 1.82) is 0 Å². The summed E-state index contributed by atoms with van der Waals surface area (Å²) in [6.45, 7) is 0. The molecule has 0 spiro atoms. The number of aryl methyl sites for hydroxylation is 1. The number of rotatable bonds is 7. The van der Waals surface area contributed by atoms with Gasteiger partial charge in [0, 0.05) is 12.2 Å². The van der Waals surface area contributed by atoms with Crippen molar-refractivity contribution in [2.45, 2.75) is 30.9 Å². The quantitative estimate of drug-likeness (QED) is 0.563. The maximum atomic E-state index is 11.5. The van der Waals surface area contributed by atoms with E-state index in [1.54, 1.807) is 11.8 Å². The summed E-state index contributed by atoms with van der Waals surface area (Å²) in [5, 5.41) is 8.65. The highest BCUT2D eigenvalue weighted by atomic mass is 32.2. The molecule has 2 aromatic rings. The maximum absolute atomic E-state index is 11.5. The fraction of sp³-hybridized carbons (Fsp3) is 0.500. The topological polar surface area (TPSA) is 73.1 Å². The van der Waals surface area contributed by atoms with Crippen molar-refractivity contribution >= 4 is 21.6 Å². The van der Waals surface area contributed by atoms with E-state index in [0.717, 1.165) is 18.6 Å². The molecule has 0 unspecified atom stereocenters. The van der Waals surface area contributed by atoms with E-state index in [2.05, 4.69) is 34.5 Å². The summed E-state index contributed by atoms with van der Waals surface area (Å²) in [6.07, 6.45) is 3.35. The third-order valence-electron chi connectivity index (χ3n) is 3.92. The first-order chi connectivity index (χ1) is 11.1. The number of hydrogen-bond donors (Lipinski definition) is 0. The lowest BCUT2D eigenvalue weighted by Gasteiger charge is -2.02. The minimum atomic E-state index is -2.85. The molecule has 1 fully saturated rings. The van der Waals surface area contributed by atoms with Crippen LogP contribution in [0, 0.1) is 5.92 Å². The van der Waals surface area contributed by atoms with Crippen molar-refractivity contribution in [1.82, 2.24) is 10.2 Å². The molecule has 0 radical (unpaired) electrons. The molecule has 0 aliphatic carbocycles. The van der Waals surface area contributed by atoms with Crippen molar-refractivity contribution in [2.75, 3.05) is 17.3 Å². The molecule has 1 aromatic heterocycles. The Labute approximate surface area is 140 Å². The molecule has 5 nitrogen and oxygen atoms in total. The van der Waals surface area contributed by atoms with Crippen LogP contribution in [0.5, 0.6) is 0 Å². The molecule has 3 rings (SSSR count). The Morgan fingerprint density at radius 1 is 1.22 bits per heavy atom. The van der Waals surface area contributed by atoms with Gasteiger partial charge in [-0.1, -0.05) is 42.1 Å². The molecule has 1 aliphatic rings. The normalized spacial score (nSPS) is 19.9. The Morgan fingerprint density at radius 2 is 2.04 bits per heavy atom. The van der Waals surface area contributed by atoms with E-state index >= 15 is 0 Å². The monoisotopic (exact) mass is 352 g/mol. The number of thioether (sulfide) groups is 1. The van der Waals surface area contributed by atoms with Gasteiger partial charge in [0.2, 0.25) is 5.89 Å². The third kappa shape index (κ3) is 5.07. The van der Waals surface area contributed by atoms with E-state index in [9.17, 15) is 8.42 Å². The molecule has 1 atom stereocenters. The molecule has 0 bridgehead atoms. The van der Waals surface area contributed by atoms with Gasteiger partial charge >= 0.3 is 0 Å². The van der Waals surface area contributed by atoms with Crippen LogP contribution in [0.3, 0.4) is 0 Å². The molecule has 1 aliphatic heterocycles. The molecule has 23 heavy (non-hydrogen) atoms. The Bertz CT molecular complexity index is 729. The van der Waals surface area contributed by atoms with Gasteiger partial charge in [-0.05, 0) is 30.7 Å². The van der Waals surface area contributed by atoms with Gasteiger partial charge in [-0.3, -0.25) is 0 Å². The molecule has 1 saturated heterocycles. The largest absolute Gasteiger partial charge is 0.416 e. The molecule has 0 N–H and O–H groups in total. The summed E-state index contributed by atoms with van der Waals surface area (Å²) in [5.41, 5.74) is 1.33. The van der Waals surface area contributed by atoms with E-state index in [-0.39, 0.29) is 17.4 Å². The van der Waals surface area contributed by atoms with Crippen LogP contribution in [0.4, 0.5) is 0 Å². The molecule has 1 aromatic carbocycles. The average Bonchev–Trinajstić information content (AvgIpc) is 3.11. The predicted molar refractivity (Wildman–Crippen MR) is 90.2 cm³/mol. The molecule has 7 heteroatoms. The Hall–Kier alpha value is -1.34. The van der Waals surface area contributed by atoms with Gasteiger partial charge < -0.3 is 4.42 Å². The van der Waals surface area contributed by atoms with Crippen LogP contribution in [0.15, 0.2) is 40.0 Å².